The monoisotopic (exact) mass is 339 g/mol. The minimum atomic E-state index is -0.457. The molecule has 0 radical (unpaired) electrons. The lowest BCUT2D eigenvalue weighted by atomic mass is 10.2. The van der Waals surface area contributed by atoms with E-state index in [9.17, 15) is 9.59 Å². The first-order valence-corrected chi connectivity index (χ1v) is 8.28. The van der Waals surface area contributed by atoms with Gasteiger partial charge in [0.1, 0.15) is 18.2 Å². The van der Waals surface area contributed by atoms with Crippen LogP contribution in [0.1, 0.15) is 11.1 Å². The second kappa shape index (κ2) is 8.18. The molecule has 0 saturated carbocycles. The minimum absolute atomic E-state index is 0.0623. The van der Waals surface area contributed by atoms with Crippen molar-refractivity contribution in [1.29, 1.82) is 5.26 Å². The average Bonchev–Trinajstić information content (AvgIpc) is 2.57. The number of aryl methyl sites for hydroxylation is 1. The zero-order chi connectivity index (χ0) is 17.5. The maximum absolute atomic E-state index is 12.3. The molecule has 5 nitrogen and oxygen atoms in total. The van der Waals surface area contributed by atoms with E-state index >= 15 is 0 Å². The minimum Gasteiger partial charge on any atom is -0.324 e. The zero-order valence-electron chi connectivity index (χ0n) is 13.3. The number of amides is 1. The first-order valence-electron chi connectivity index (χ1n) is 7.29. The number of nitrogens with one attached hydrogen (secondary N) is 1. The van der Waals surface area contributed by atoms with E-state index in [1.807, 2.05) is 30.3 Å². The molecule has 0 spiro atoms. The van der Waals surface area contributed by atoms with Crippen LogP contribution in [0.15, 0.2) is 58.9 Å². The summed E-state index contributed by atoms with van der Waals surface area (Å²) < 4.78 is 1.24. The highest BCUT2D eigenvalue weighted by atomic mass is 32.2. The van der Waals surface area contributed by atoms with Gasteiger partial charge in [0.2, 0.25) is 5.91 Å². The fraction of sp³-hybridized carbons (Fsp3) is 0.167. The summed E-state index contributed by atoms with van der Waals surface area (Å²) in [6.45, 7) is 5.23. The molecule has 1 heterocycles. The van der Waals surface area contributed by atoms with Gasteiger partial charge in [-0.15, -0.1) is 18.3 Å². The number of carbonyl (C=O) groups excluding carboxylic acids is 1. The first-order chi connectivity index (χ1) is 11.6. The molecule has 1 aromatic carbocycles. The molecule has 0 aliphatic carbocycles. The number of carbonyl (C=O) groups is 1. The van der Waals surface area contributed by atoms with Crippen LogP contribution >= 0.6 is 11.8 Å². The topological polar surface area (TPSA) is 74.9 Å². The summed E-state index contributed by atoms with van der Waals surface area (Å²) in [5, 5.41) is 11.8. The van der Waals surface area contributed by atoms with Crippen LogP contribution in [0.4, 0.5) is 5.69 Å². The molecule has 0 saturated heterocycles. The molecular formula is C18H17N3O2S. The van der Waals surface area contributed by atoms with Crippen molar-refractivity contribution >= 4 is 23.4 Å². The molecule has 24 heavy (non-hydrogen) atoms. The van der Waals surface area contributed by atoms with Crippen LogP contribution in [0.2, 0.25) is 0 Å². The van der Waals surface area contributed by atoms with Gasteiger partial charge in [0.15, 0.2) is 0 Å². The number of pyridine rings is 1. The highest BCUT2D eigenvalue weighted by Gasteiger charge is 2.11. The molecule has 0 bridgehead atoms. The maximum Gasteiger partial charge on any atom is 0.269 e. The number of benzene rings is 1. The second-order valence-electron chi connectivity index (χ2n) is 5.06. The standard InChI is InChI=1S/C18H17N3O2S/c1-3-10-24-16-7-5-4-6-15(16)20-17(22)12-21-9-8-13(2)14(11-19)18(21)23/h3-9H,1,10,12H2,2H3,(H,20,22). The fourth-order valence-electron chi connectivity index (χ4n) is 2.11. The van der Waals surface area contributed by atoms with Crippen molar-refractivity contribution in [1.82, 2.24) is 4.57 Å². The van der Waals surface area contributed by atoms with E-state index in [-0.39, 0.29) is 18.0 Å². The highest BCUT2D eigenvalue weighted by Crippen LogP contribution is 2.26. The molecule has 6 heteroatoms. The molecule has 2 aromatic rings. The zero-order valence-corrected chi connectivity index (χ0v) is 14.1. The predicted molar refractivity (Wildman–Crippen MR) is 96.1 cm³/mol. The Morgan fingerprint density at radius 2 is 2.17 bits per heavy atom. The smallest absolute Gasteiger partial charge is 0.269 e. The van der Waals surface area contributed by atoms with E-state index in [1.165, 1.54) is 10.8 Å². The van der Waals surface area contributed by atoms with Crippen LogP contribution in [-0.4, -0.2) is 16.2 Å². The van der Waals surface area contributed by atoms with Crippen molar-refractivity contribution in [2.45, 2.75) is 18.4 Å². The van der Waals surface area contributed by atoms with Crippen molar-refractivity contribution in [2.75, 3.05) is 11.1 Å². The molecule has 0 fully saturated rings. The number of rotatable bonds is 6. The molecular weight excluding hydrogens is 322 g/mol. The van der Waals surface area contributed by atoms with Crippen LogP contribution in [0.25, 0.3) is 0 Å². The molecule has 0 aliphatic heterocycles. The number of anilines is 1. The number of nitriles is 1. The van der Waals surface area contributed by atoms with Gasteiger partial charge in [-0.1, -0.05) is 18.2 Å². The van der Waals surface area contributed by atoms with Gasteiger partial charge < -0.3 is 9.88 Å². The third-order valence-electron chi connectivity index (χ3n) is 3.32. The summed E-state index contributed by atoms with van der Waals surface area (Å²) in [4.78, 5) is 25.4. The SMILES string of the molecule is C=CCSc1ccccc1NC(=O)Cn1ccc(C)c(C#N)c1=O. The quantitative estimate of drug-likeness (QED) is 0.648. The molecule has 122 valence electrons. The lowest BCUT2D eigenvalue weighted by Crippen LogP contribution is -2.29. The third-order valence-corrected chi connectivity index (χ3v) is 4.39. The lowest BCUT2D eigenvalue weighted by Gasteiger charge is -2.11. The van der Waals surface area contributed by atoms with Crippen molar-refractivity contribution in [3.8, 4) is 6.07 Å². The lowest BCUT2D eigenvalue weighted by molar-refractivity contribution is -0.116. The number of aromatic nitrogens is 1. The molecule has 1 aromatic heterocycles. The normalized spacial score (nSPS) is 10.0. The van der Waals surface area contributed by atoms with Crippen LogP contribution in [-0.2, 0) is 11.3 Å². The fourth-order valence-corrected chi connectivity index (χ4v) is 2.86. The Morgan fingerprint density at radius 3 is 2.88 bits per heavy atom. The summed E-state index contributed by atoms with van der Waals surface area (Å²) in [5.74, 6) is 0.409. The summed E-state index contributed by atoms with van der Waals surface area (Å²) in [6, 6.07) is 11.0. The van der Waals surface area contributed by atoms with E-state index in [0.29, 0.717) is 11.3 Å². The molecule has 0 atom stereocenters. The van der Waals surface area contributed by atoms with Crippen LogP contribution < -0.4 is 10.9 Å². The van der Waals surface area contributed by atoms with Gasteiger partial charge in [-0.25, -0.2) is 0 Å². The van der Waals surface area contributed by atoms with E-state index < -0.39 is 5.56 Å². The largest absolute Gasteiger partial charge is 0.324 e. The van der Waals surface area contributed by atoms with Crippen molar-refractivity contribution in [3.05, 3.63) is 70.7 Å². The average molecular weight is 339 g/mol. The Bertz CT molecular complexity index is 865. The van der Waals surface area contributed by atoms with Crippen LogP contribution in [0, 0.1) is 18.3 Å². The van der Waals surface area contributed by atoms with Crippen LogP contribution in [0.3, 0.4) is 0 Å². The van der Waals surface area contributed by atoms with Gasteiger partial charge >= 0.3 is 0 Å². The summed E-state index contributed by atoms with van der Waals surface area (Å²) in [7, 11) is 0. The third kappa shape index (κ3) is 4.15. The Labute approximate surface area is 144 Å². The first kappa shape index (κ1) is 17.6. The number of hydrogen-bond donors (Lipinski definition) is 1. The molecule has 0 aliphatic rings. The molecule has 0 unspecified atom stereocenters. The van der Waals surface area contributed by atoms with Crippen molar-refractivity contribution in [2.24, 2.45) is 0 Å². The van der Waals surface area contributed by atoms with E-state index in [0.717, 1.165) is 10.6 Å². The van der Waals surface area contributed by atoms with E-state index in [4.69, 9.17) is 5.26 Å². The van der Waals surface area contributed by atoms with Gasteiger partial charge in [-0.05, 0) is 30.7 Å². The van der Waals surface area contributed by atoms with Gasteiger partial charge in [0.05, 0.1) is 5.69 Å². The van der Waals surface area contributed by atoms with E-state index in [1.54, 1.807) is 30.8 Å². The van der Waals surface area contributed by atoms with Gasteiger partial charge in [0.25, 0.3) is 5.56 Å². The number of hydrogen-bond acceptors (Lipinski definition) is 4. The number of para-hydroxylation sites is 1. The van der Waals surface area contributed by atoms with E-state index in [2.05, 4.69) is 11.9 Å². The van der Waals surface area contributed by atoms with Gasteiger partial charge in [-0.2, -0.15) is 5.26 Å². The van der Waals surface area contributed by atoms with Gasteiger partial charge in [-0.3, -0.25) is 9.59 Å². The van der Waals surface area contributed by atoms with Crippen molar-refractivity contribution < 1.29 is 4.79 Å². The van der Waals surface area contributed by atoms with Crippen molar-refractivity contribution in [3.63, 3.8) is 0 Å². The summed E-state index contributed by atoms with van der Waals surface area (Å²) in [6.07, 6.45) is 3.31. The molecule has 1 amide bonds. The highest BCUT2D eigenvalue weighted by molar-refractivity contribution is 7.99. The number of thioether (sulfide) groups is 1. The van der Waals surface area contributed by atoms with Gasteiger partial charge in [0, 0.05) is 16.8 Å². The Kier molecular flexibility index (Phi) is 5.99. The molecule has 1 N–H and O–H groups in total. The molecule has 2 rings (SSSR count). The predicted octanol–water partition coefficient (Wildman–Crippen LogP) is 2.95. The Morgan fingerprint density at radius 1 is 1.42 bits per heavy atom. The maximum atomic E-state index is 12.3. The Hall–Kier alpha value is -2.78. The van der Waals surface area contributed by atoms with Crippen LogP contribution in [0.5, 0.6) is 0 Å². The Balaban J connectivity index is 2.17. The second-order valence-corrected chi connectivity index (χ2v) is 6.12. The summed E-state index contributed by atoms with van der Waals surface area (Å²) >= 11 is 1.56. The summed E-state index contributed by atoms with van der Waals surface area (Å²) in [5.41, 5.74) is 0.898. The number of nitrogens with zero attached hydrogens (tertiary/aromatic N) is 2.